The van der Waals surface area contributed by atoms with Crippen molar-refractivity contribution in [2.75, 3.05) is 37.7 Å². The minimum absolute atomic E-state index is 0.206. The van der Waals surface area contributed by atoms with Crippen LogP contribution in [0.15, 0.2) is 24.3 Å². The molecule has 1 aromatic carbocycles. The van der Waals surface area contributed by atoms with Gasteiger partial charge in [0.2, 0.25) is 5.91 Å². The molecule has 1 aromatic rings. The Balaban J connectivity index is 1.48. The first kappa shape index (κ1) is 20.5. The van der Waals surface area contributed by atoms with E-state index in [1.54, 1.807) is 0 Å². The third kappa shape index (κ3) is 5.16. The SMILES string of the molecule is CCOc1ccccc1N1CCN([C@H](C)C(=O)NC(=O)NC2CCCC2)CC1. The number of para-hydroxylation sites is 2. The van der Waals surface area contributed by atoms with Crippen LogP contribution in [0.4, 0.5) is 10.5 Å². The van der Waals surface area contributed by atoms with Crippen LogP contribution in [0.5, 0.6) is 5.75 Å². The summed E-state index contributed by atoms with van der Waals surface area (Å²) in [6.45, 7) is 7.64. The standard InChI is InChI=1S/C21H32N4O3/c1-3-28-19-11-7-6-10-18(19)25-14-12-24(13-15-25)16(2)20(26)23-21(27)22-17-8-4-5-9-17/h6-7,10-11,16-17H,3-5,8-9,12-15H2,1-2H3,(H2,22,23,26,27)/t16-/m1/s1. The van der Waals surface area contributed by atoms with Gasteiger partial charge in [0.05, 0.1) is 18.3 Å². The van der Waals surface area contributed by atoms with E-state index in [1.165, 1.54) is 0 Å². The number of amides is 3. The molecule has 0 radical (unpaired) electrons. The highest BCUT2D eigenvalue weighted by molar-refractivity contribution is 5.96. The Labute approximate surface area is 167 Å². The van der Waals surface area contributed by atoms with Crippen molar-refractivity contribution in [3.63, 3.8) is 0 Å². The lowest BCUT2D eigenvalue weighted by atomic mass is 10.2. The van der Waals surface area contributed by atoms with Gasteiger partial charge in [0.15, 0.2) is 0 Å². The van der Waals surface area contributed by atoms with Gasteiger partial charge in [-0.25, -0.2) is 4.79 Å². The van der Waals surface area contributed by atoms with Crippen molar-refractivity contribution in [1.82, 2.24) is 15.5 Å². The fourth-order valence-corrected chi connectivity index (χ4v) is 4.02. The number of benzene rings is 1. The smallest absolute Gasteiger partial charge is 0.321 e. The average Bonchev–Trinajstić information content (AvgIpc) is 3.21. The van der Waals surface area contributed by atoms with Gasteiger partial charge in [-0.15, -0.1) is 0 Å². The van der Waals surface area contributed by atoms with E-state index in [-0.39, 0.29) is 24.0 Å². The molecular formula is C21H32N4O3. The van der Waals surface area contributed by atoms with Crippen molar-refractivity contribution in [1.29, 1.82) is 0 Å². The maximum atomic E-state index is 12.5. The molecule has 1 atom stereocenters. The molecule has 1 aliphatic heterocycles. The Morgan fingerprint density at radius 3 is 2.50 bits per heavy atom. The summed E-state index contributed by atoms with van der Waals surface area (Å²) < 4.78 is 5.74. The summed E-state index contributed by atoms with van der Waals surface area (Å²) in [6, 6.07) is 7.56. The molecule has 1 saturated heterocycles. The maximum Gasteiger partial charge on any atom is 0.321 e. The van der Waals surface area contributed by atoms with Crippen LogP contribution in [-0.4, -0.2) is 61.7 Å². The molecule has 2 aliphatic rings. The number of hydrogen-bond acceptors (Lipinski definition) is 5. The van der Waals surface area contributed by atoms with Gasteiger partial charge in [0.25, 0.3) is 0 Å². The summed E-state index contributed by atoms with van der Waals surface area (Å²) in [5.74, 6) is 0.659. The quantitative estimate of drug-likeness (QED) is 0.783. The van der Waals surface area contributed by atoms with Crippen molar-refractivity contribution in [3.05, 3.63) is 24.3 Å². The topological polar surface area (TPSA) is 73.9 Å². The molecule has 0 unspecified atom stereocenters. The Hall–Kier alpha value is -2.28. The predicted octanol–water partition coefficient (Wildman–Crippen LogP) is 2.36. The van der Waals surface area contributed by atoms with Crippen LogP contribution in [0.1, 0.15) is 39.5 Å². The highest BCUT2D eigenvalue weighted by atomic mass is 16.5. The fraction of sp³-hybridized carbons (Fsp3) is 0.619. The first-order valence-corrected chi connectivity index (χ1v) is 10.4. The molecule has 28 heavy (non-hydrogen) atoms. The summed E-state index contributed by atoms with van der Waals surface area (Å²) >= 11 is 0. The van der Waals surface area contributed by atoms with E-state index >= 15 is 0 Å². The number of carbonyl (C=O) groups is 2. The summed E-state index contributed by atoms with van der Waals surface area (Å²) in [6.07, 6.45) is 4.29. The number of piperazine rings is 1. The molecular weight excluding hydrogens is 356 g/mol. The number of nitrogens with one attached hydrogen (secondary N) is 2. The van der Waals surface area contributed by atoms with Gasteiger partial charge in [0, 0.05) is 32.2 Å². The molecule has 2 N–H and O–H groups in total. The van der Waals surface area contributed by atoms with Crippen LogP contribution >= 0.6 is 0 Å². The van der Waals surface area contributed by atoms with Gasteiger partial charge in [-0.05, 0) is 38.8 Å². The van der Waals surface area contributed by atoms with E-state index in [4.69, 9.17) is 4.74 Å². The first-order valence-electron chi connectivity index (χ1n) is 10.4. The highest BCUT2D eigenvalue weighted by Crippen LogP contribution is 2.29. The zero-order chi connectivity index (χ0) is 19.9. The molecule has 0 aromatic heterocycles. The van der Waals surface area contributed by atoms with E-state index in [2.05, 4.69) is 26.5 Å². The molecule has 1 aliphatic carbocycles. The van der Waals surface area contributed by atoms with Gasteiger partial charge in [-0.3, -0.25) is 15.0 Å². The monoisotopic (exact) mass is 388 g/mol. The summed E-state index contributed by atoms with van der Waals surface area (Å²) in [5, 5.41) is 5.41. The molecule has 1 heterocycles. The molecule has 2 fully saturated rings. The molecule has 154 valence electrons. The second-order valence-corrected chi connectivity index (χ2v) is 7.54. The van der Waals surface area contributed by atoms with Crippen molar-refractivity contribution >= 4 is 17.6 Å². The molecule has 7 heteroatoms. The van der Waals surface area contributed by atoms with E-state index in [0.717, 1.165) is 63.3 Å². The van der Waals surface area contributed by atoms with E-state index < -0.39 is 0 Å². The highest BCUT2D eigenvalue weighted by Gasteiger charge is 2.28. The lowest BCUT2D eigenvalue weighted by molar-refractivity contribution is -0.124. The third-order valence-electron chi connectivity index (χ3n) is 5.67. The average molecular weight is 389 g/mol. The summed E-state index contributed by atoms with van der Waals surface area (Å²) in [4.78, 5) is 28.9. The Kier molecular flexibility index (Phi) is 7.14. The van der Waals surface area contributed by atoms with Crippen molar-refractivity contribution in [3.8, 4) is 5.75 Å². The number of rotatable bonds is 6. The number of carbonyl (C=O) groups excluding carboxylic acids is 2. The molecule has 0 bridgehead atoms. The summed E-state index contributed by atoms with van der Waals surface area (Å²) in [5.41, 5.74) is 1.09. The van der Waals surface area contributed by atoms with Gasteiger partial charge >= 0.3 is 6.03 Å². The van der Waals surface area contributed by atoms with Crippen LogP contribution in [0.25, 0.3) is 0 Å². The van der Waals surface area contributed by atoms with E-state index in [9.17, 15) is 9.59 Å². The number of hydrogen-bond donors (Lipinski definition) is 2. The number of ether oxygens (including phenoxy) is 1. The second kappa shape index (κ2) is 9.78. The van der Waals surface area contributed by atoms with E-state index in [1.807, 2.05) is 32.0 Å². The number of nitrogens with zero attached hydrogens (tertiary/aromatic N) is 2. The van der Waals surface area contributed by atoms with Crippen LogP contribution in [0, 0.1) is 0 Å². The minimum atomic E-state index is -0.368. The minimum Gasteiger partial charge on any atom is -0.492 e. The van der Waals surface area contributed by atoms with Gasteiger partial charge < -0.3 is 15.0 Å². The second-order valence-electron chi connectivity index (χ2n) is 7.54. The van der Waals surface area contributed by atoms with Gasteiger partial charge in [0.1, 0.15) is 5.75 Å². The Morgan fingerprint density at radius 1 is 1.14 bits per heavy atom. The van der Waals surface area contributed by atoms with E-state index in [0.29, 0.717) is 6.61 Å². The third-order valence-corrected chi connectivity index (χ3v) is 5.67. The Bertz CT molecular complexity index is 667. The van der Waals surface area contributed by atoms with Crippen molar-refractivity contribution < 1.29 is 14.3 Å². The zero-order valence-electron chi connectivity index (χ0n) is 16.9. The molecule has 7 nitrogen and oxygen atoms in total. The van der Waals surface area contributed by atoms with Crippen LogP contribution in [0.2, 0.25) is 0 Å². The maximum absolute atomic E-state index is 12.5. The molecule has 3 amide bonds. The van der Waals surface area contributed by atoms with Crippen LogP contribution in [0.3, 0.4) is 0 Å². The normalized spacial score (nSPS) is 19.3. The number of urea groups is 1. The van der Waals surface area contributed by atoms with Crippen molar-refractivity contribution in [2.45, 2.75) is 51.6 Å². The predicted molar refractivity (Wildman–Crippen MR) is 110 cm³/mol. The Morgan fingerprint density at radius 2 is 1.82 bits per heavy atom. The van der Waals surface area contributed by atoms with Gasteiger partial charge in [-0.2, -0.15) is 0 Å². The molecule has 0 spiro atoms. The summed E-state index contributed by atoms with van der Waals surface area (Å²) in [7, 11) is 0. The number of imide groups is 1. The van der Waals surface area contributed by atoms with Crippen molar-refractivity contribution in [2.24, 2.45) is 0 Å². The number of anilines is 1. The molecule has 3 rings (SSSR count). The first-order chi connectivity index (χ1) is 13.6. The molecule has 1 saturated carbocycles. The fourth-order valence-electron chi connectivity index (χ4n) is 4.02. The zero-order valence-corrected chi connectivity index (χ0v) is 16.9. The lowest BCUT2D eigenvalue weighted by Gasteiger charge is -2.38. The largest absolute Gasteiger partial charge is 0.492 e. The van der Waals surface area contributed by atoms with Crippen LogP contribution < -0.4 is 20.3 Å². The van der Waals surface area contributed by atoms with Gasteiger partial charge in [-0.1, -0.05) is 25.0 Å². The van der Waals surface area contributed by atoms with Crippen LogP contribution in [-0.2, 0) is 4.79 Å². The lowest BCUT2D eigenvalue weighted by Crippen LogP contribution is -2.56.